The minimum absolute atomic E-state index is 0. The van der Waals surface area contributed by atoms with Gasteiger partial charge in [-0.2, -0.15) is 61.4 Å². The van der Waals surface area contributed by atoms with Crippen LogP contribution in [0.5, 0.6) is 0 Å². The van der Waals surface area contributed by atoms with Crippen molar-refractivity contribution in [2.45, 2.75) is 54.4 Å². The predicted molar refractivity (Wildman–Crippen MR) is 142 cm³/mol. The largest absolute Gasteiger partial charge is 4.00 e. The number of rotatable bonds is 0. The van der Waals surface area contributed by atoms with Crippen LogP contribution in [0.15, 0.2) is 96.1 Å². The zero-order chi connectivity index (χ0) is 24.0. The molecule has 0 atom stereocenters. The molecule has 0 N–H and O–H groups in total. The van der Waals surface area contributed by atoms with Crippen LogP contribution in [0, 0.1) is 36.8 Å². The molecule has 172 valence electrons. The summed E-state index contributed by atoms with van der Waals surface area (Å²) in [4.78, 5) is 0. The molecule has 0 bridgehead atoms. The zero-order valence-electron chi connectivity index (χ0n) is 21.4. The van der Waals surface area contributed by atoms with Crippen molar-refractivity contribution in [1.82, 2.24) is 0 Å². The summed E-state index contributed by atoms with van der Waals surface area (Å²) in [5.74, 6) is 0. The van der Waals surface area contributed by atoms with Crippen molar-refractivity contribution in [3.8, 4) is 0 Å². The Morgan fingerprint density at radius 1 is 0.576 bits per heavy atom. The molecule has 0 spiro atoms. The van der Waals surface area contributed by atoms with Gasteiger partial charge >= 0.3 is 21.7 Å². The van der Waals surface area contributed by atoms with E-state index in [2.05, 4.69) is 91.8 Å². The normalized spacial score (nSPS) is 13.6. The molecule has 0 heterocycles. The molecule has 2 aromatic carbocycles. The molecule has 2 aliphatic rings. The summed E-state index contributed by atoms with van der Waals surface area (Å²) in [5, 5.41) is 0. The van der Waals surface area contributed by atoms with Gasteiger partial charge in [-0.1, -0.05) is 53.7 Å². The van der Waals surface area contributed by atoms with Crippen LogP contribution in [-0.2, 0) is 21.7 Å². The van der Waals surface area contributed by atoms with Crippen molar-refractivity contribution in [1.29, 1.82) is 0 Å². The van der Waals surface area contributed by atoms with Gasteiger partial charge in [0.05, 0.1) is 0 Å². The van der Waals surface area contributed by atoms with E-state index in [9.17, 15) is 0 Å². The Bertz CT molecular complexity index is 806. The number of benzene rings is 2. The second kappa shape index (κ2) is 15.6. The molecule has 0 fully saturated rings. The van der Waals surface area contributed by atoms with Gasteiger partial charge in [0.1, 0.15) is 0 Å². The summed E-state index contributed by atoms with van der Waals surface area (Å²) in [6.07, 6.45) is 17.3. The first-order valence-electron chi connectivity index (χ1n) is 11.3. The van der Waals surface area contributed by atoms with Crippen molar-refractivity contribution < 1.29 is 21.7 Å². The van der Waals surface area contributed by atoms with E-state index in [0.717, 1.165) is 24.0 Å². The molecule has 33 heavy (non-hydrogen) atoms. The summed E-state index contributed by atoms with van der Waals surface area (Å²) >= 11 is 0. The van der Waals surface area contributed by atoms with E-state index in [1.807, 2.05) is 60.7 Å². The monoisotopic (exact) mass is 472 g/mol. The molecule has 4 rings (SSSR count). The van der Waals surface area contributed by atoms with Gasteiger partial charge in [-0.15, -0.1) is 37.1 Å². The van der Waals surface area contributed by atoms with Crippen LogP contribution < -0.4 is 0 Å². The molecule has 0 unspecified atom stereocenters. The van der Waals surface area contributed by atoms with Crippen molar-refractivity contribution in [2.75, 3.05) is 0 Å². The Morgan fingerprint density at radius 2 is 0.879 bits per heavy atom. The smallest absolute Gasteiger partial charge is 0.269 e. The van der Waals surface area contributed by atoms with E-state index in [4.69, 9.17) is 0 Å². The van der Waals surface area contributed by atoms with Crippen molar-refractivity contribution >= 4 is 0 Å². The Kier molecular flexibility index (Phi) is 14.6. The molecular weight excluding hydrogens is 432 g/mol. The van der Waals surface area contributed by atoms with Crippen LogP contribution in [0.3, 0.4) is 0 Å². The molecule has 0 nitrogen and oxygen atoms in total. The third-order valence-electron chi connectivity index (χ3n) is 4.69. The van der Waals surface area contributed by atoms with Gasteiger partial charge in [-0.05, 0) is 10.8 Å². The Morgan fingerprint density at radius 3 is 1.00 bits per heavy atom. The van der Waals surface area contributed by atoms with Crippen molar-refractivity contribution in [2.24, 2.45) is 10.8 Å². The third-order valence-corrected chi connectivity index (χ3v) is 4.69. The van der Waals surface area contributed by atoms with E-state index >= 15 is 0 Å². The topological polar surface area (TPSA) is 0 Å². The van der Waals surface area contributed by atoms with Crippen molar-refractivity contribution in [3.63, 3.8) is 0 Å². The maximum Gasteiger partial charge on any atom is 4.00 e. The van der Waals surface area contributed by atoms with Gasteiger partial charge in [0.25, 0.3) is 0 Å². The first-order valence-corrected chi connectivity index (χ1v) is 11.3. The van der Waals surface area contributed by atoms with E-state index in [-0.39, 0.29) is 21.7 Å². The molecule has 0 saturated heterocycles. The predicted octanol–water partition coefficient (Wildman–Crippen LogP) is 9.18. The number of allylic oxidation sites excluding steroid dienone is 8. The van der Waals surface area contributed by atoms with Crippen molar-refractivity contribution in [3.05, 3.63) is 133 Å². The standard InChI is InChI=1S/2C9H13.2C7H7.Ti/c2*1-9(2,3)8-6-4-5-7-8;2*1-7-5-3-2-4-6-7;/h2*4,6H,5H2,1-3H3;2*2-6H,1H2;/q4*-1;+4. The number of hydrogen-bond acceptors (Lipinski definition) is 0. The fourth-order valence-electron chi connectivity index (χ4n) is 2.80. The summed E-state index contributed by atoms with van der Waals surface area (Å²) < 4.78 is 0. The molecule has 1 heteroatoms. The zero-order valence-corrected chi connectivity index (χ0v) is 23.0. The second-order valence-corrected chi connectivity index (χ2v) is 9.87. The minimum atomic E-state index is 0. The minimum Gasteiger partial charge on any atom is -0.269 e. The molecule has 0 saturated carbocycles. The first kappa shape index (κ1) is 30.9. The van der Waals surface area contributed by atoms with Gasteiger partial charge in [-0.25, -0.2) is 23.3 Å². The maximum absolute atomic E-state index is 3.72. The average Bonchev–Trinajstić information content (AvgIpc) is 3.44. The van der Waals surface area contributed by atoms with Crippen LogP contribution in [0.1, 0.15) is 65.5 Å². The van der Waals surface area contributed by atoms with E-state index in [1.165, 1.54) is 11.1 Å². The van der Waals surface area contributed by atoms with Crippen LogP contribution >= 0.6 is 0 Å². The quantitative estimate of drug-likeness (QED) is 0.265. The third kappa shape index (κ3) is 14.6. The van der Waals surface area contributed by atoms with Gasteiger partial charge < -0.3 is 0 Å². The molecule has 0 amide bonds. The molecule has 2 aromatic rings. The number of hydrogen-bond donors (Lipinski definition) is 0. The van der Waals surface area contributed by atoms with E-state index in [1.54, 1.807) is 0 Å². The molecule has 0 aromatic heterocycles. The van der Waals surface area contributed by atoms with Gasteiger partial charge in [0, 0.05) is 0 Å². The van der Waals surface area contributed by atoms with Crippen LogP contribution in [0.25, 0.3) is 0 Å². The molecule has 0 radical (unpaired) electrons. The Hall–Kier alpha value is -2.15. The second-order valence-electron chi connectivity index (χ2n) is 9.87. The summed E-state index contributed by atoms with van der Waals surface area (Å²) in [6.45, 7) is 20.7. The summed E-state index contributed by atoms with van der Waals surface area (Å²) in [6, 6.07) is 19.7. The first-order chi connectivity index (χ1) is 15.0. The summed E-state index contributed by atoms with van der Waals surface area (Å²) in [5.41, 5.74) is 5.44. The molecule has 2 aliphatic carbocycles. The van der Waals surface area contributed by atoms with E-state index in [0.29, 0.717) is 10.8 Å². The van der Waals surface area contributed by atoms with Gasteiger partial charge in [-0.3, -0.25) is 12.2 Å². The molecular formula is C32H40Ti. The van der Waals surface area contributed by atoms with Gasteiger partial charge in [0.2, 0.25) is 0 Å². The van der Waals surface area contributed by atoms with Crippen LogP contribution in [-0.4, -0.2) is 0 Å². The average molecular weight is 473 g/mol. The molecule has 0 aliphatic heterocycles. The SMILES string of the molecule is CC(C)(C)C1=[C-]CC=C1.CC(C)(C)C1=[C-]CC=C1.[CH2-]c1ccccc1.[CH2-]c1ccccc1.[Ti+4]. The van der Waals surface area contributed by atoms with Crippen LogP contribution in [0.4, 0.5) is 0 Å². The Labute approximate surface area is 219 Å². The maximum atomic E-state index is 3.72. The fraction of sp³-hybridized carbons (Fsp3) is 0.312. The van der Waals surface area contributed by atoms with E-state index < -0.39 is 0 Å². The van der Waals surface area contributed by atoms with Gasteiger partial charge in [0.15, 0.2) is 0 Å². The van der Waals surface area contributed by atoms with Crippen LogP contribution in [0.2, 0.25) is 0 Å². The Balaban J connectivity index is 0.000000412. The fourth-order valence-corrected chi connectivity index (χ4v) is 2.80. The summed E-state index contributed by atoms with van der Waals surface area (Å²) in [7, 11) is 0.